The van der Waals surface area contributed by atoms with Gasteiger partial charge in [0.1, 0.15) is 10.7 Å². The van der Waals surface area contributed by atoms with Crippen molar-refractivity contribution in [2.75, 3.05) is 0 Å². The molecule has 0 unspecified atom stereocenters. The molecule has 0 saturated heterocycles. The van der Waals surface area contributed by atoms with E-state index in [-0.39, 0.29) is 10.6 Å². The lowest BCUT2D eigenvalue weighted by Crippen LogP contribution is -2.27. The number of carboxylic acid groups (broad SMARTS) is 1. The quantitative estimate of drug-likeness (QED) is 0.915. The minimum atomic E-state index is -0.937. The summed E-state index contributed by atoms with van der Waals surface area (Å²) in [6.45, 7) is 1.08. The zero-order valence-electron chi connectivity index (χ0n) is 10.2. The van der Waals surface area contributed by atoms with Gasteiger partial charge in [-0.15, -0.1) is 11.3 Å². The highest BCUT2D eigenvalue weighted by atomic mass is 32.1. The number of aryl methyl sites for hydroxylation is 1. The first-order chi connectivity index (χ1) is 9.15. The SMILES string of the molecule is O=C(O)c1ccc(Cn2nc3n(c2=O)CCCC3)s1. The Bertz CT molecular complexity index is 683. The second-order valence-electron chi connectivity index (χ2n) is 4.54. The number of thiophene rings is 1. The van der Waals surface area contributed by atoms with Crippen LogP contribution in [0, 0.1) is 0 Å². The van der Waals surface area contributed by atoms with Crippen molar-refractivity contribution >= 4 is 17.3 Å². The van der Waals surface area contributed by atoms with Crippen LogP contribution in [-0.4, -0.2) is 25.4 Å². The molecule has 0 saturated carbocycles. The number of hydrogen-bond donors (Lipinski definition) is 1. The Morgan fingerprint density at radius 2 is 2.26 bits per heavy atom. The summed E-state index contributed by atoms with van der Waals surface area (Å²) in [5.41, 5.74) is -0.0972. The summed E-state index contributed by atoms with van der Waals surface area (Å²) in [7, 11) is 0. The molecule has 0 radical (unpaired) electrons. The van der Waals surface area contributed by atoms with Gasteiger partial charge in [0.25, 0.3) is 0 Å². The van der Waals surface area contributed by atoms with Gasteiger partial charge in [0.15, 0.2) is 0 Å². The summed E-state index contributed by atoms with van der Waals surface area (Å²) in [6.07, 6.45) is 2.92. The summed E-state index contributed by atoms with van der Waals surface area (Å²) in [5, 5.41) is 13.2. The van der Waals surface area contributed by atoms with Crippen LogP contribution in [0.15, 0.2) is 16.9 Å². The molecule has 2 aromatic rings. The Hall–Kier alpha value is -1.89. The lowest BCUT2D eigenvalue weighted by molar-refractivity contribution is 0.0702. The Kier molecular flexibility index (Phi) is 2.98. The third-order valence-corrected chi connectivity index (χ3v) is 4.27. The van der Waals surface area contributed by atoms with Gasteiger partial charge in [-0.2, -0.15) is 5.10 Å². The first-order valence-corrected chi connectivity index (χ1v) is 6.95. The van der Waals surface area contributed by atoms with E-state index in [1.54, 1.807) is 16.7 Å². The molecular formula is C12H13N3O3S. The number of aromatic nitrogens is 3. The van der Waals surface area contributed by atoms with Crippen molar-refractivity contribution in [3.8, 4) is 0 Å². The van der Waals surface area contributed by atoms with Crippen LogP contribution in [-0.2, 0) is 19.5 Å². The van der Waals surface area contributed by atoms with Crippen molar-refractivity contribution in [1.29, 1.82) is 0 Å². The molecule has 3 rings (SSSR count). The summed E-state index contributed by atoms with van der Waals surface area (Å²) < 4.78 is 3.15. The molecule has 6 nitrogen and oxygen atoms in total. The summed E-state index contributed by atoms with van der Waals surface area (Å²) in [6, 6.07) is 3.29. The standard InChI is InChI=1S/C12H13N3O3S/c16-11(17)9-5-4-8(19-9)7-15-12(18)14-6-2-1-3-10(14)13-15/h4-5H,1-3,6-7H2,(H,16,17). The van der Waals surface area contributed by atoms with E-state index in [4.69, 9.17) is 5.11 Å². The largest absolute Gasteiger partial charge is 0.477 e. The van der Waals surface area contributed by atoms with Crippen molar-refractivity contribution in [3.63, 3.8) is 0 Å². The molecule has 0 bridgehead atoms. The summed E-state index contributed by atoms with van der Waals surface area (Å²) in [5.74, 6) is -0.0982. The van der Waals surface area contributed by atoms with Crippen molar-refractivity contribution in [1.82, 2.24) is 14.3 Å². The molecule has 0 atom stereocenters. The minimum absolute atomic E-state index is 0.0972. The minimum Gasteiger partial charge on any atom is -0.477 e. The van der Waals surface area contributed by atoms with Crippen molar-refractivity contribution in [2.45, 2.75) is 32.4 Å². The average molecular weight is 279 g/mol. The van der Waals surface area contributed by atoms with Crippen molar-refractivity contribution in [2.24, 2.45) is 0 Å². The number of fused-ring (bicyclic) bond motifs is 1. The van der Waals surface area contributed by atoms with Crippen LogP contribution < -0.4 is 5.69 Å². The summed E-state index contributed by atoms with van der Waals surface area (Å²) in [4.78, 5) is 24.0. The number of rotatable bonds is 3. The smallest absolute Gasteiger partial charge is 0.346 e. The van der Waals surface area contributed by atoms with Crippen LogP contribution in [0.2, 0.25) is 0 Å². The predicted octanol–water partition coefficient (Wildman–Crippen LogP) is 1.19. The first kappa shape index (κ1) is 12.2. The predicted molar refractivity (Wildman–Crippen MR) is 69.8 cm³/mol. The van der Waals surface area contributed by atoms with Crippen molar-refractivity contribution < 1.29 is 9.90 Å². The fourth-order valence-corrected chi connectivity index (χ4v) is 3.11. The van der Waals surface area contributed by atoms with Crippen LogP contribution in [0.4, 0.5) is 0 Å². The van der Waals surface area contributed by atoms with Gasteiger partial charge in [-0.25, -0.2) is 14.3 Å². The molecule has 2 aromatic heterocycles. The molecule has 19 heavy (non-hydrogen) atoms. The molecule has 0 aliphatic carbocycles. The Morgan fingerprint density at radius 1 is 1.42 bits per heavy atom. The van der Waals surface area contributed by atoms with Gasteiger partial charge in [0.05, 0.1) is 6.54 Å². The van der Waals surface area contributed by atoms with Crippen LogP contribution in [0.25, 0.3) is 0 Å². The Labute approximate surface area is 112 Å². The van der Waals surface area contributed by atoms with E-state index in [9.17, 15) is 9.59 Å². The Morgan fingerprint density at radius 3 is 2.95 bits per heavy atom. The van der Waals surface area contributed by atoms with Gasteiger partial charge in [-0.05, 0) is 25.0 Å². The first-order valence-electron chi connectivity index (χ1n) is 6.13. The maximum Gasteiger partial charge on any atom is 0.346 e. The van der Waals surface area contributed by atoms with Crippen LogP contribution >= 0.6 is 11.3 Å². The van der Waals surface area contributed by atoms with E-state index in [2.05, 4.69) is 5.10 Å². The van der Waals surface area contributed by atoms with E-state index in [1.165, 1.54) is 16.0 Å². The number of carbonyl (C=O) groups is 1. The topological polar surface area (TPSA) is 77.1 Å². The lowest BCUT2D eigenvalue weighted by atomic mass is 10.2. The van der Waals surface area contributed by atoms with Gasteiger partial charge >= 0.3 is 11.7 Å². The molecule has 0 fully saturated rings. The molecule has 1 aliphatic heterocycles. The summed E-state index contributed by atoms with van der Waals surface area (Å²) >= 11 is 1.18. The van der Waals surface area contributed by atoms with E-state index in [0.29, 0.717) is 6.54 Å². The highest BCUT2D eigenvalue weighted by molar-refractivity contribution is 7.13. The molecule has 3 heterocycles. The second-order valence-corrected chi connectivity index (χ2v) is 5.70. The monoisotopic (exact) mass is 279 g/mol. The van der Waals surface area contributed by atoms with Gasteiger partial charge in [0.2, 0.25) is 0 Å². The molecule has 7 heteroatoms. The van der Waals surface area contributed by atoms with Crippen LogP contribution in [0.1, 0.15) is 33.2 Å². The maximum absolute atomic E-state index is 12.1. The second kappa shape index (κ2) is 4.65. The molecular weight excluding hydrogens is 266 g/mol. The average Bonchev–Trinajstić information content (AvgIpc) is 2.97. The number of hydrogen-bond acceptors (Lipinski definition) is 4. The fraction of sp³-hybridized carbons (Fsp3) is 0.417. The number of carboxylic acids is 1. The van der Waals surface area contributed by atoms with E-state index in [0.717, 1.165) is 36.5 Å². The Balaban J connectivity index is 1.88. The molecule has 1 N–H and O–H groups in total. The number of nitrogens with zero attached hydrogens (tertiary/aromatic N) is 3. The zero-order chi connectivity index (χ0) is 13.4. The highest BCUT2D eigenvalue weighted by Gasteiger charge is 2.17. The molecule has 0 spiro atoms. The van der Waals surface area contributed by atoms with Crippen LogP contribution in [0.3, 0.4) is 0 Å². The maximum atomic E-state index is 12.1. The molecule has 1 aliphatic rings. The highest BCUT2D eigenvalue weighted by Crippen LogP contribution is 2.17. The van der Waals surface area contributed by atoms with Crippen molar-refractivity contribution in [3.05, 3.63) is 38.2 Å². The van der Waals surface area contributed by atoms with Gasteiger partial charge in [0, 0.05) is 17.8 Å². The zero-order valence-corrected chi connectivity index (χ0v) is 11.0. The molecule has 100 valence electrons. The fourth-order valence-electron chi connectivity index (χ4n) is 2.28. The molecule has 0 amide bonds. The van der Waals surface area contributed by atoms with Crippen LogP contribution in [0.5, 0.6) is 0 Å². The molecule has 0 aromatic carbocycles. The number of aromatic carboxylic acids is 1. The van der Waals surface area contributed by atoms with Gasteiger partial charge in [-0.1, -0.05) is 0 Å². The third kappa shape index (κ3) is 2.21. The van der Waals surface area contributed by atoms with Gasteiger partial charge in [-0.3, -0.25) is 4.57 Å². The van der Waals surface area contributed by atoms with Gasteiger partial charge < -0.3 is 5.11 Å². The van der Waals surface area contributed by atoms with E-state index >= 15 is 0 Å². The lowest BCUT2D eigenvalue weighted by Gasteiger charge is -2.09. The van der Waals surface area contributed by atoms with E-state index in [1.807, 2.05) is 0 Å². The third-order valence-electron chi connectivity index (χ3n) is 3.21. The van der Waals surface area contributed by atoms with E-state index < -0.39 is 5.97 Å². The normalized spacial score (nSPS) is 14.3.